The number of likely N-dealkylation sites (N-methyl/N-ethyl adjacent to an activating group) is 1. The molecule has 0 heterocycles. The number of carbonyl (C=O) groups is 1. The molecule has 0 saturated heterocycles. The molecule has 0 bridgehead atoms. The van der Waals surface area contributed by atoms with E-state index in [1.807, 2.05) is 30.3 Å². The number of carbonyl (C=O) groups excluding carboxylic acids is 1. The van der Waals surface area contributed by atoms with Gasteiger partial charge in [-0.2, -0.15) is 0 Å². The van der Waals surface area contributed by atoms with E-state index in [2.05, 4.69) is 0 Å². The molecule has 0 atom stereocenters. The normalized spacial score (nSPS) is 11.2. The van der Waals surface area contributed by atoms with Crippen molar-refractivity contribution >= 4 is 5.91 Å². The van der Waals surface area contributed by atoms with Crippen LogP contribution in [0.3, 0.4) is 0 Å². The molecule has 0 aromatic heterocycles. The van der Waals surface area contributed by atoms with Crippen LogP contribution in [-0.2, 0) is 16.1 Å². The van der Waals surface area contributed by atoms with Gasteiger partial charge >= 0.3 is 0 Å². The summed E-state index contributed by atoms with van der Waals surface area (Å²) in [5.41, 5.74) is 0.356. The Hall–Kier alpha value is -1.35. The van der Waals surface area contributed by atoms with Gasteiger partial charge in [-0.25, -0.2) is 0 Å². The third-order valence-electron chi connectivity index (χ3n) is 2.63. The number of nitrogens with zero attached hydrogens (tertiary/aromatic N) is 1. The third kappa shape index (κ3) is 3.07. The number of hydrogen-bond acceptors (Lipinski definition) is 2. The van der Waals surface area contributed by atoms with E-state index in [9.17, 15) is 4.79 Å². The Morgan fingerprint density at radius 1 is 1.31 bits per heavy atom. The predicted molar refractivity (Wildman–Crippen MR) is 64.0 cm³/mol. The zero-order chi connectivity index (χ0) is 12.2. The lowest BCUT2D eigenvalue weighted by Gasteiger charge is -2.28. The molecule has 3 heteroatoms. The second-order valence-corrected chi connectivity index (χ2v) is 4.36. The van der Waals surface area contributed by atoms with Crippen molar-refractivity contribution in [2.24, 2.45) is 0 Å². The average Bonchev–Trinajstić information content (AvgIpc) is 2.29. The molecular formula is C13H19NO2. The molecule has 0 N–H and O–H groups in total. The van der Waals surface area contributed by atoms with Crippen molar-refractivity contribution in [2.45, 2.75) is 26.0 Å². The molecule has 1 aromatic rings. The molecule has 0 fully saturated rings. The monoisotopic (exact) mass is 221 g/mol. The quantitative estimate of drug-likeness (QED) is 0.779. The van der Waals surface area contributed by atoms with Crippen molar-refractivity contribution < 1.29 is 9.53 Å². The fourth-order valence-electron chi connectivity index (χ4n) is 1.48. The highest BCUT2D eigenvalue weighted by atomic mass is 16.5. The summed E-state index contributed by atoms with van der Waals surface area (Å²) in [4.78, 5) is 13.7. The van der Waals surface area contributed by atoms with E-state index in [1.54, 1.807) is 32.9 Å². The van der Waals surface area contributed by atoms with Gasteiger partial charge in [0.1, 0.15) is 5.60 Å². The SMILES string of the molecule is COC(C)(C)C(=O)N(C)Cc1ccccc1. The van der Waals surface area contributed by atoms with Gasteiger partial charge in [0.25, 0.3) is 5.91 Å². The molecule has 1 rings (SSSR count). The summed E-state index contributed by atoms with van der Waals surface area (Å²) >= 11 is 0. The van der Waals surface area contributed by atoms with E-state index >= 15 is 0 Å². The van der Waals surface area contributed by atoms with Crippen molar-refractivity contribution in [3.05, 3.63) is 35.9 Å². The van der Waals surface area contributed by atoms with Crippen LogP contribution in [0.5, 0.6) is 0 Å². The molecule has 16 heavy (non-hydrogen) atoms. The molecule has 3 nitrogen and oxygen atoms in total. The largest absolute Gasteiger partial charge is 0.369 e. The topological polar surface area (TPSA) is 29.5 Å². The Balaban J connectivity index is 2.66. The van der Waals surface area contributed by atoms with Crippen molar-refractivity contribution in [1.29, 1.82) is 0 Å². The first-order valence-electron chi connectivity index (χ1n) is 5.32. The number of methoxy groups -OCH3 is 1. The van der Waals surface area contributed by atoms with Crippen molar-refractivity contribution in [3.8, 4) is 0 Å². The predicted octanol–water partition coefficient (Wildman–Crippen LogP) is 2.07. The van der Waals surface area contributed by atoms with Crippen LogP contribution in [0.25, 0.3) is 0 Å². The minimum Gasteiger partial charge on any atom is -0.369 e. The lowest BCUT2D eigenvalue weighted by atomic mass is 10.1. The summed E-state index contributed by atoms with van der Waals surface area (Å²) < 4.78 is 5.17. The Morgan fingerprint density at radius 3 is 2.38 bits per heavy atom. The first-order valence-corrected chi connectivity index (χ1v) is 5.32. The highest BCUT2D eigenvalue weighted by Crippen LogP contribution is 2.13. The molecule has 0 radical (unpaired) electrons. The van der Waals surface area contributed by atoms with Gasteiger partial charge in [-0.3, -0.25) is 4.79 Å². The summed E-state index contributed by atoms with van der Waals surface area (Å²) in [6.07, 6.45) is 0. The summed E-state index contributed by atoms with van der Waals surface area (Å²) in [5, 5.41) is 0. The molecule has 0 aliphatic rings. The van der Waals surface area contributed by atoms with Crippen LogP contribution in [0.2, 0.25) is 0 Å². The molecule has 0 saturated carbocycles. The molecule has 0 spiro atoms. The Labute approximate surface area is 97.0 Å². The van der Waals surface area contributed by atoms with Gasteiger partial charge < -0.3 is 9.64 Å². The number of hydrogen-bond donors (Lipinski definition) is 0. The van der Waals surface area contributed by atoms with Crippen LogP contribution in [0.4, 0.5) is 0 Å². The first-order chi connectivity index (χ1) is 7.47. The van der Waals surface area contributed by atoms with Gasteiger partial charge in [-0.15, -0.1) is 0 Å². The molecular weight excluding hydrogens is 202 g/mol. The lowest BCUT2D eigenvalue weighted by molar-refractivity contribution is -0.150. The highest BCUT2D eigenvalue weighted by Gasteiger charge is 2.29. The fourth-order valence-corrected chi connectivity index (χ4v) is 1.48. The molecule has 1 aromatic carbocycles. The number of benzene rings is 1. The van der Waals surface area contributed by atoms with Crippen molar-refractivity contribution in [2.75, 3.05) is 14.2 Å². The van der Waals surface area contributed by atoms with E-state index in [0.717, 1.165) is 5.56 Å². The van der Waals surface area contributed by atoms with Crippen LogP contribution < -0.4 is 0 Å². The summed E-state index contributed by atoms with van der Waals surface area (Å²) in [7, 11) is 3.34. The Morgan fingerprint density at radius 2 is 1.88 bits per heavy atom. The second-order valence-electron chi connectivity index (χ2n) is 4.36. The van der Waals surface area contributed by atoms with E-state index in [4.69, 9.17) is 4.74 Å². The van der Waals surface area contributed by atoms with Crippen LogP contribution >= 0.6 is 0 Å². The Kier molecular flexibility index (Phi) is 4.07. The molecule has 88 valence electrons. The van der Waals surface area contributed by atoms with Gasteiger partial charge in [0.2, 0.25) is 0 Å². The minimum absolute atomic E-state index is 0.0150. The Bertz CT molecular complexity index is 346. The zero-order valence-electron chi connectivity index (χ0n) is 10.4. The number of rotatable bonds is 4. The van der Waals surface area contributed by atoms with Crippen molar-refractivity contribution in [1.82, 2.24) is 4.90 Å². The maximum atomic E-state index is 12.0. The molecule has 0 aliphatic heterocycles. The lowest BCUT2D eigenvalue weighted by Crippen LogP contribution is -2.44. The number of amides is 1. The van der Waals surface area contributed by atoms with Gasteiger partial charge in [0, 0.05) is 20.7 Å². The molecule has 0 unspecified atom stereocenters. The fraction of sp³-hybridized carbons (Fsp3) is 0.462. The van der Waals surface area contributed by atoms with Crippen molar-refractivity contribution in [3.63, 3.8) is 0 Å². The van der Waals surface area contributed by atoms with E-state index < -0.39 is 5.60 Å². The smallest absolute Gasteiger partial charge is 0.254 e. The van der Waals surface area contributed by atoms with Gasteiger partial charge in [0.05, 0.1) is 0 Å². The maximum absolute atomic E-state index is 12.0. The standard InChI is InChI=1S/C13H19NO2/c1-13(2,16-4)12(15)14(3)10-11-8-6-5-7-9-11/h5-9H,10H2,1-4H3. The minimum atomic E-state index is -0.760. The van der Waals surface area contributed by atoms with Crippen LogP contribution in [0.1, 0.15) is 19.4 Å². The number of ether oxygens (including phenoxy) is 1. The van der Waals surface area contributed by atoms with E-state index in [1.165, 1.54) is 0 Å². The first kappa shape index (κ1) is 12.7. The van der Waals surface area contributed by atoms with Gasteiger partial charge in [0.15, 0.2) is 0 Å². The average molecular weight is 221 g/mol. The summed E-state index contributed by atoms with van der Waals surface area (Å²) in [5.74, 6) is -0.0150. The summed E-state index contributed by atoms with van der Waals surface area (Å²) in [6, 6.07) is 9.90. The van der Waals surface area contributed by atoms with Crippen LogP contribution in [0, 0.1) is 0 Å². The van der Waals surface area contributed by atoms with E-state index in [-0.39, 0.29) is 5.91 Å². The highest BCUT2D eigenvalue weighted by molar-refractivity contribution is 5.84. The zero-order valence-corrected chi connectivity index (χ0v) is 10.4. The summed E-state index contributed by atoms with van der Waals surface area (Å²) in [6.45, 7) is 4.15. The third-order valence-corrected chi connectivity index (χ3v) is 2.63. The van der Waals surface area contributed by atoms with Crippen LogP contribution in [-0.4, -0.2) is 30.6 Å². The molecule has 0 aliphatic carbocycles. The van der Waals surface area contributed by atoms with E-state index in [0.29, 0.717) is 6.54 Å². The van der Waals surface area contributed by atoms with Gasteiger partial charge in [-0.1, -0.05) is 30.3 Å². The van der Waals surface area contributed by atoms with Gasteiger partial charge in [-0.05, 0) is 19.4 Å². The molecule has 1 amide bonds. The maximum Gasteiger partial charge on any atom is 0.254 e. The van der Waals surface area contributed by atoms with Crippen LogP contribution in [0.15, 0.2) is 30.3 Å². The second kappa shape index (κ2) is 5.12.